The van der Waals surface area contributed by atoms with Crippen molar-refractivity contribution in [3.05, 3.63) is 65.8 Å². The number of hydrogen-bond acceptors (Lipinski definition) is 6. The summed E-state index contributed by atoms with van der Waals surface area (Å²) in [7, 11) is -0.474. The van der Waals surface area contributed by atoms with Crippen LogP contribution in [0, 0.1) is 5.41 Å². The molecule has 0 amide bonds. The molecule has 1 aromatic carbocycles. The summed E-state index contributed by atoms with van der Waals surface area (Å²) >= 11 is 0. The van der Waals surface area contributed by atoms with E-state index >= 15 is 0 Å². The van der Waals surface area contributed by atoms with Crippen LogP contribution in [0.15, 0.2) is 60.2 Å². The van der Waals surface area contributed by atoms with E-state index < -0.39 is 13.7 Å². The van der Waals surface area contributed by atoms with Crippen LogP contribution in [-0.4, -0.2) is 52.9 Å². The fourth-order valence-corrected chi connectivity index (χ4v) is 5.01. The lowest BCUT2D eigenvalue weighted by molar-refractivity contribution is -0.151. The third kappa shape index (κ3) is 11.4. The van der Waals surface area contributed by atoms with E-state index in [0.29, 0.717) is 19.6 Å². The zero-order chi connectivity index (χ0) is 30.0. The second kappa shape index (κ2) is 15.2. The van der Waals surface area contributed by atoms with Crippen molar-refractivity contribution in [3.8, 4) is 5.75 Å². The van der Waals surface area contributed by atoms with E-state index in [2.05, 4.69) is 59.0 Å². The number of methoxy groups -OCH3 is 1. The number of carbonyl (C=O) groups excluding carboxylic acids is 1. The maximum atomic E-state index is 12.2. The molecular weight excluding hydrogens is 520 g/mol. The predicted molar refractivity (Wildman–Crippen MR) is 165 cm³/mol. The van der Waals surface area contributed by atoms with Gasteiger partial charge in [-0.15, -0.1) is 0 Å². The summed E-state index contributed by atoms with van der Waals surface area (Å²) in [4.78, 5) is 12.2. The molecule has 3 atom stereocenters. The minimum Gasteiger partial charge on any atom is -0.497 e. The van der Waals surface area contributed by atoms with E-state index in [1.165, 1.54) is 5.57 Å². The molecule has 0 spiro atoms. The van der Waals surface area contributed by atoms with Crippen LogP contribution in [0.1, 0.15) is 66.9 Å². The highest BCUT2D eigenvalue weighted by atomic mass is 28.4. The Balaban J connectivity index is 2.28. The summed E-state index contributed by atoms with van der Waals surface area (Å²) in [6.07, 6.45) is 11.3. The van der Waals surface area contributed by atoms with Crippen LogP contribution in [-0.2, 0) is 30.0 Å². The van der Waals surface area contributed by atoms with Gasteiger partial charge in [0.15, 0.2) is 8.32 Å². The number of rotatable bonds is 13. The number of hydrogen-bond donors (Lipinski definition) is 0. The maximum Gasteiger partial charge on any atom is 0.311 e. The lowest BCUT2D eigenvalue weighted by Gasteiger charge is -2.40. The van der Waals surface area contributed by atoms with Crippen molar-refractivity contribution in [1.29, 1.82) is 0 Å². The minimum atomic E-state index is -2.14. The van der Waals surface area contributed by atoms with Gasteiger partial charge in [-0.1, -0.05) is 68.9 Å². The zero-order valence-corrected chi connectivity index (χ0v) is 27.4. The number of ether oxygens (including phenoxy) is 4. The van der Waals surface area contributed by atoms with Gasteiger partial charge in [0.1, 0.15) is 12.4 Å². The van der Waals surface area contributed by atoms with Gasteiger partial charge in [-0.3, -0.25) is 4.79 Å². The first-order valence-corrected chi connectivity index (χ1v) is 17.2. The second-order valence-corrected chi connectivity index (χ2v) is 17.9. The molecule has 0 aliphatic carbocycles. The molecule has 0 aromatic heterocycles. The fourth-order valence-electron chi connectivity index (χ4n) is 3.75. The van der Waals surface area contributed by atoms with Gasteiger partial charge < -0.3 is 23.4 Å². The molecule has 2 rings (SSSR count). The van der Waals surface area contributed by atoms with Gasteiger partial charge >= 0.3 is 5.97 Å². The molecule has 0 radical (unpaired) electrons. The van der Waals surface area contributed by atoms with Gasteiger partial charge in [-0.25, -0.2) is 0 Å². The molecule has 0 saturated carbocycles. The monoisotopic (exact) mass is 572 g/mol. The molecule has 40 heavy (non-hydrogen) atoms. The van der Waals surface area contributed by atoms with Gasteiger partial charge in [-0.2, -0.15) is 0 Å². The van der Waals surface area contributed by atoms with Crippen LogP contribution in [0.25, 0.3) is 0 Å². The van der Waals surface area contributed by atoms with E-state index in [4.69, 9.17) is 23.4 Å². The van der Waals surface area contributed by atoms with E-state index in [-0.39, 0.29) is 35.9 Å². The Hall–Kier alpha value is -2.19. The van der Waals surface area contributed by atoms with E-state index in [1.807, 2.05) is 57.2 Å². The molecule has 6 nitrogen and oxygen atoms in total. The summed E-state index contributed by atoms with van der Waals surface area (Å²) in [6.45, 7) is 20.3. The second-order valence-electron chi connectivity index (χ2n) is 13.1. The third-order valence-corrected chi connectivity index (χ3v) is 11.9. The summed E-state index contributed by atoms with van der Waals surface area (Å²) in [5.41, 5.74) is 1.86. The van der Waals surface area contributed by atoms with E-state index in [0.717, 1.165) is 17.7 Å². The Bertz CT molecular complexity index is 1010. The molecule has 0 fully saturated rings. The average molecular weight is 573 g/mol. The van der Waals surface area contributed by atoms with Crippen molar-refractivity contribution in [2.45, 2.75) is 104 Å². The molecule has 224 valence electrons. The Kier molecular flexibility index (Phi) is 12.9. The van der Waals surface area contributed by atoms with Crippen molar-refractivity contribution in [2.75, 3.05) is 20.3 Å². The van der Waals surface area contributed by atoms with Crippen LogP contribution in [0.2, 0.25) is 18.1 Å². The summed E-state index contributed by atoms with van der Waals surface area (Å²) in [5.74, 6) is 0.593. The molecule has 0 saturated heterocycles. The number of benzene rings is 1. The van der Waals surface area contributed by atoms with E-state index in [9.17, 15) is 4.79 Å². The topological polar surface area (TPSA) is 63.2 Å². The normalized spacial score (nSPS) is 18.6. The lowest BCUT2D eigenvalue weighted by Crippen LogP contribution is -2.47. The van der Waals surface area contributed by atoms with Crippen LogP contribution in [0.4, 0.5) is 0 Å². The smallest absolute Gasteiger partial charge is 0.311 e. The molecule has 1 aliphatic heterocycles. The Labute approximate surface area is 243 Å². The van der Waals surface area contributed by atoms with Gasteiger partial charge in [0.2, 0.25) is 0 Å². The molecule has 7 heteroatoms. The van der Waals surface area contributed by atoms with Gasteiger partial charge in [0.05, 0.1) is 44.1 Å². The highest BCUT2D eigenvalue weighted by Gasteiger charge is 2.40. The first kappa shape index (κ1) is 34.0. The quantitative estimate of drug-likeness (QED) is 0.137. The van der Waals surface area contributed by atoms with Crippen LogP contribution in [0.5, 0.6) is 5.75 Å². The van der Waals surface area contributed by atoms with Crippen molar-refractivity contribution in [3.63, 3.8) is 0 Å². The summed E-state index contributed by atoms with van der Waals surface area (Å²) in [6, 6.07) is 7.91. The first-order chi connectivity index (χ1) is 18.6. The molecule has 0 N–H and O–H groups in total. The molecule has 1 aliphatic rings. The lowest BCUT2D eigenvalue weighted by atomic mass is 9.97. The summed E-state index contributed by atoms with van der Waals surface area (Å²) in [5, 5.41) is 0.0390. The van der Waals surface area contributed by atoms with Gasteiger partial charge in [0, 0.05) is 0 Å². The first-order valence-electron chi connectivity index (χ1n) is 14.3. The number of carbonyl (C=O) groups is 1. The molecule has 1 heterocycles. The molecular formula is C33H52O6Si. The van der Waals surface area contributed by atoms with Crippen molar-refractivity contribution in [1.82, 2.24) is 0 Å². The maximum absolute atomic E-state index is 12.2. The summed E-state index contributed by atoms with van der Waals surface area (Å²) < 4.78 is 30.2. The fraction of sp³-hybridized carbons (Fsp3) is 0.606. The highest BCUT2D eigenvalue weighted by molar-refractivity contribution is 6.74. The van der Waals surface area contributed by atoms with Crippen LogP contribution < -0.4 is 4.74 Å². The molecule has 0 unspecified atom stereocenters. The zero-order valence-electron chi connectivity index (χ0n) is 26.4. The van der Waals surface area contributed by atoms with Crippen LogP contribution >= 0.6 is 0 Å². The van der Waals surface area contributed by atoms with Gasteiger partial charge in [0.25, 0.3) is 0 Å². The largest absolute Gasteiger partial charge is 0.497 e. The molecule has 0 bridgehead atoms. The van der Waals surface area contributed by atoms with Crippen molar-refractivity contribution < 1.29 is 28.2 Å². The highest BCUT2D eigenvalue weighted by Crippen LogP contribution is 2.38. The number of esters is 1. The SMILES string of the molecule is COc1ccc(CO[C@@H](CC=CCOC(=O)C(C)(C)C)[C@H](C=C[C@@H]2CC(C)=CCO2)O[Si](C)(C)C(C)(C)C)cc1. The van der Waals surface area contributed by atoms with Crippen molar-refractivity contribution in [2.24, 2.45) is 5.41 Å². The van der Waals surface area contributed by atoms with Crippen LogP contribution in [0.3, 0.4) is 0 Å². The Morgan fingerprint density at radius 1 is 1.10 bits per heavy atom. The van der Waals surface area contributed by atoms with Gasteiger partial charge in [-0.05, 0) is 76.4 Å². The average Bonchev–Trinajstić information content (AvgIpc) is 2.87. The Morgan fingerprint density at radius 3 is 2.35 bits per heavy atom. The van der Waals surface area contributed by atoms with E-state index in [1.54, 1.807) is 7.11 Å². The van der Waals surface area contributed by atoms with Crippen molar-refractivity contribution >= 4 is 14.3 Å². The standard InChI is InChI=1S/C33H52O6Si/c1-25-20-22-36-28(23-25)18-19-30(39-40(9,10)33(5,6)7)29(13-11-12-21-37-31(34)32(2,3)4)38-24-26-14-16-27(35-8)17-15-26/h11-12,14-20,28-30H,13,21-24H2,1-10H3/t28-,29+,30+/m1/s1. The molecule has 1 aromatic rings. The predicted octanol–water partition coefficient (Wildman–Crippen LogP) is 7.80. The minimum absolute atomic E-state index is 0.0186. The Morgan fingerprint density at radius 2 is 1.77 bits per heavy atom. The third-order valence-electron chi connectivity index (χ3n) is 7.47.